The topological polar surface area (TPSA) is 94.8 Å². The second-order valence-electron chi connectivity index (χ2n) is 8.15. The molecule has 1 saturated heterocycles. The number of benzene rings is 2. The fourth-order valence-electron chi connectivity index (χ4n) is 3.81. The average Bonchev–Trinajstić information content (AvgIpc) is 3.38. The monoisotopic (exact) mass is 479 g/mol. The minimum atomic E-state index is -0.724. The highest BCUT2D eigenvalue weighted by Crippen LogP contribution is 2.24. The lowest BCUT2D eigenvalue weighted by atomic mass is 10.2. The summed E-state index contributed by atoms with van der Waals surface area (Å²) in [5.41, 5.74) is 2.38. The van der Waals surface area contributed by atoms with E-state index in [0.717, 1.165) is 43.8 Å². The molecule has 182 valence electrons. The number of phenolic OH excluding ortho intramolecular Hbond substituents is 1. The van der Waals surface area contributed by atoms with Crippen LogP contribution in [0.3, 0.4) is 0 Å². The Morgan fingerprint density at radius 1 is 0.971 bits per heavy atom. The number of rotatable bonds is 9. The number of pyridine rings is 1. The molecule has 0 aliphatic carbocycles. The zero-order valence-electron chi connectivity index (χ0n) is 19.1. The van der Waals surface area contributed by atoms with Gasteiger partial charge in [-0.15, -0.1) is 5.10 Å². The van der Waals surface area contributed by atoms with Gasteiger partial charge in [-0.2, -0.15) is 0 Å². The third-order valence-electron chi connectivity index (χ3n) is 5.77. The normalized spacial score (nSPS) is 14.4. The number of phenols is 1. The number of ether oxygens (including phenoxy) is 3. The molecule has 0 atom stereocenters. The van der Waals surface area contributed by atoms with Crippen LogP contribution in [0.2, 0.25) is 0 Å². The Morgan fingerprint density at radius 3 is 2.69 bits per heavy atom. The van der Waals surface area contributed by atoms with Crippen molar-refractivity contribution in [2.24, 2.45) is 0 Å². The van der Waals surface area contributed by atoms with Gasteiger partial charge in [-0.25, -0.2) is 14.1 Å². The van der Waals surface area contributed by atoms with Gasteiger partial charge in [0.1, 0.15) is 18.1 Å². The lowest BCUT2D eigenvalue weighted by Gasteiger charge is -2.26. The van der Waals surface area contributed by atoms with E-state index >= 15 is 0 Å². The largest absolute Gasteiger partial charge is 0.505 e. The first kappa shape index (κ1) is 23.2. The third kappa shape index (κ3) is 5.73. The summed E-state index contributed by atoms with van der Waals surface area (Å²) in [5.74, 6) is -0.427. The van der Waals surface area contributed by atoms with Crippen molar-refractivity contribution >= 4 is 10.9 Å². The zero-order chi connectivity index (χ0) is 24.0. The summed E-state index contributed by atoms with van der Waals surface area (Å²) in [6, 6.07) is 13.6. The minimum Gasteiger partial charge on any atom is -0.505 e. The molecule has 2 aromatic heterocycles. The van der Waals surface area contributed by atoms with Crippen molar-refractivity contribution in [1.82, 2.24) is 24.9 Å². The van der Waals surface area contributed by atoms with Gasteiger partial charge in [0.05, 0.1) is 49.5 Å². The molecule has 1 aliphatic rings. The smallest absolute Gasteiger partial charge is 0.166 e. The van der Waals surface area contributed by atoms with Gasteiger partial charge >= 0.3 is 0 Å². The van der Waals surface area contributed by atoms with E-state index < -0.39 is 11.6 Å². The van der Waals surface area contributed by atoms with E-state index in [9.17, 15) is 9.50 Å². The molecule has 2 aromatic carbocycles. The van der Waals surface area contributed by atoms with Gasteiger partial charge in [-0.1, -0.05) is 11.3 Å². The van der Waals surface area contributed by atoms with Gasteiger partial charge < -0.3 is 19.3 Å². The predicted molar refractivity (Wildman–Crippen MR) is 127 cm³/mol. The van der Waals surface area contributed by atoms with Crippen molar-refractivity contribution in [3.63, 3.8) is 0 Å². The van der Waals surface area contributed by atoms with Crippen molar-refractivity contribution in [2.75, 3.05) is 52.7 Å². The minimum absolute atomic E-state index is 0.414. The van der Waals surface area contributed by atoms with E-state index in [1.807, 2.05) is 30.3 Å². The summed E-state index contributed by atoms with van der Waals surface area (Å²) >= 11 is 0. The Labute approximate surface area is 201 Å². The Hall–Kier alpha value is -3.60. The molecule has 1 aliphatic heterocycles. The van der Waals surface area contributed by atoms with Crippen LogP contribution in [0.5, 0.6) is 11.5 Å². The van der Waals surface area contributed by atoms with Crippen molar-refractivity contribution in [2.45, 2.75) is 0 Å². The zero-order valence-corrected chi connectivity index (χ0v) is 19.1. The lowest BCUT2D eigenvalue weighted by Crippen LogP contribution is -2.38. The first-order valence-corrected chi connectivity index (χ1v) is 11.5. The standard InChI is InChI=1S/C25H26FN5O4/c26-21-15-19(3-6-25(21)32)31-17-24(28-29-31)22-5-2-18-1-4-20(16-23(18)27-22)35-14-13-34-12-9-30-7-10-33-11-8-30/h1-6,15-17,32H,7-14H2. The van der Waals surface area contributed by atoms with Crippen LogP contribution >= 0.6 is 0 Å². The molecule has 0 unspecified atom stereocenters. The van der Waals surface area contributed by atoms with Crippen molar-refractivity contribution in [1.29, 1.82) is 0 Å². The molecule has 0 saturated carbocycles. The molecule has 3 heterocycles. The van der Waals surface area contributed by atoms with E-state index in [1.165, 1.54) is 16.8 Å². The predicted octanol–water partition coefficient (Wildman–Crippen LogP) is 3.05. The van der Waals surface area contributed by atoms with Gasteiger partial charge in [-0.05, 0) is 30.3 Å². The van der Waals surface area contributed by atoms with E-state index in [4.69, 9.17) is 19.2 Å². The van der Waals surface area contributed by atoms with Crippen molar-refractivity contribution < 1.29 is 23.7 Å². The molecule has 9 nitrogen and oxygen atoms in total. The van der Waals surface area contributed by atoms with Crippen LogP contribution in [0.25, 0.3) is 28.0 Å². The Morgan fingerprint density at radius 2 is 1.83 bits per heavy atom. The molecule has 1 N–H and O–H groups in total. The average molecular weight is 480 g/mol. The number of morpholine rings is 1. The van der Waals surface area contributed by atoms with Crippen LogP contribution in [0.1, 0.15) is 0 Å². The molecule has 35 heavy (non-hydrogen) atoms. The maximum Gasteiger partial charge on any atom is 0.166 e. The Kier molecular flexibility index (Phi) is 7.12. The summed E-state index contributed by atoms with van der Waals surface area (Å²) in [7, 11) is 0. The molecule has 0 spiro atoms. The molecule has 5 rings (SSSR count). The maximum atomic E-state index is 13.7. The number of nitrogens with zero attached hydrogens (tertiary/aromatic N) is 5. The second kappa shape index (κ2) is 10.8. The van der Waals surface area contributed by atoms with Gasteiger partial charge in [0.2, 0.25) is 0 Å². The molecule has 0 bridgehead atoms. The molecule has 1 fully saturated rings. The Balaban J connectivity index is 1.19. The third-order valence-corrected chi connectivity index (χ3v) is 5.77. The molecular formula is C25H26FN5O4. The lowest BCUT2D eigenvalue weighted by molar-refractivity contribution is 0.0170. The maximum absolute atomic E-state index is 13.7. The van der Waals surface area contributed by atoms with Gasteiger partial charge in [-0.3, -0.25) is 4.90 Å². The second-order valence-corrected chi connectivity index (χ2v) is 8.15. The number of aromatic nitrogens is 4. The number of hydrogen-bond acceptors (Lipinski definition) is 8. The van der Waals surface area contributed by atoms with Gasteiger partial charge in [0.15, 0.2) is 11.6 Å². The fourth-order valence-corrected chi connectivity index (χ4v) is 3.81. The first-order chi connectivity index (χ1) is 17.2. The van der Waals surface area contributed by atoms with E-state index in [1.54, 1.807) is 12.3 Å². The summed E-state index contributed by atoms with van der Waals surface area (Å²) in [6.07, 6.45) is 1.66. The van der Waals surface area contributed by atoms with Gasteiger partial charge in [0, 0.05) is 37.2 Å². The number of fused-ring (bicyclic) bond motifs is 1. The number of halogens is 1. The molecule has 10 heteroatoms. The van der Waals surface area contributed by atoms with E-state index in [2.05, 4.69) is 15.2 Å². The first-order valence-electron chi connectivity index (χ1n) is 11.5. The van der Waals surface area contributed by atoms with Crippen LogP contribution in [0, 0.1) is 5.82 Å². The summed E-state index contributed by atoms with van der Waals surface area (Å²) < 4.78 is 32.0. The van der Waals surface area contributed by atoms with Crippen LogP contribution in [-0.4, -0.2) is 82.7 Å². The SMILES string of the molecule is Oc1ccc(-n2cc(-c3ccc4ccc(OCCOCCN5CCOCC5)cc4n3)nn2)cc1F. The van der Waals surface area contributed by atoms with Crippen LogP contribution in [-0.2, 0) is 9.47 Å². The van der Waals surface area contributed by atoms with E-state index in [-0.39, 0.29) is 0 Å². The summed E-state index contributed by atoms with van der Waals surface area (Å²) in [6.45, 7) is 6.02. The quantitative estimate of drug-likeness (QED) is 0.366. The molecule has 0 amide bonds. The van der Waals surface area contributed by atoms with Crippen LogP contribution in [0.4, 0.5) is 4.39 Å². The highest BCUT2D eigenvalue weighted by Gasteiger charge is 2.11. The highest BCUT2D eigenvalue weighted by atomic mass is 19.1. The van der Waals surface area contributed by atoms with Crippen LogP contribution < -0.4 is 4.74 Å². The number of aromatic hydroxyl groups is 1. The molecule has 4 aromatic rings. The fraction of sp³-hybridized carbons (Fsp3) is 0.320. The Bertz CT molecular complexity index is 1290. The number of hydrogen-bond donors (Lipinski definition) is 1. The van der Waals surface area contributed by atoms with E-state index in [0.29, 0.717) is 42.6 Å². The molecular weight excluding hydrogens is 453 g/mol. The summed E-state index contributed by atoms with van der Waals surface area (Å²) in [4.78, 5) is 7.03. The van der Waals surface area contributed by atoms with Crippen LogP contribution in [0.15, 0.2) is 54.7 Å². The van der Waals surface area contributed by atoms with Gasteiger partial charge in [0.25, 0.3) is 0 Å². The summed E-state index contributed by atoms with van der Waals surface area (Å²) in [5, 5.41) is 18.6. The molecule has 0 radical (unpaired) electrons. The highest BCUT2D eigenvalue weighted by molar-refractivity contribution is 5.82. The van der Waals surface area contributed by atoms with Crippen molar-refractivity contribution in [3.05, 3.63) is 60.5 Å². The van der Waals surface area contributed by atoms with Crippen molar-refractivity contribution in [3.8, 4) is 28.6 Å².